The Labute approximate surface area is 156 Å². The molecular weight excluding hydrogens is 338 g/mol. The lowest BCUT2D eigenvalue weighted by Crippen LogP contribution is -2.19. The SMILES string of the molecule is Cc1cccc(NC(=O)Nc2ccc(-c3cn4ccc(C)nc4n3)cc2)c1. The number of carbonyl (C=O) groups is 1. The van der Waals surface area contributed by atoms with Crippen LogP contribution in [0.3, 0.4) is 0 Å². The van der Waals surface area contributed by atoms with Crippen LogP contribution in [0.5, 0.6) is 0 Å². The lowest BCUT2D eigenvalue weighted by atomic mass is 10.1. The highest BCUT2D eigenvalue weighted by atomic mass is 16.2. The van der Waals surface area contributed by atoms with E-state index in [2.05, 4.69) is 20.6 Å². The number of aryl methyl sites for hydroxylation is 2. The van der Waals surface area contributed by atoms with E-state index in [1.54, 1.807) is 0 Å². The number of nitrogens with zero attached hydrogens (tertiary/aromatic N) is 3. The largest absolute Gasteiger partial charge is 0.323 e. The van der Waals surface area contributed by atoms with Crippen molar-refractivity contribution in [1.29, 1.82) is 0 Å². The molecule has 0 saturated carbocycles. The molecule has 0 unspecified atom stereocenters. The molecule has 2 heterocycles. The maximum Gasteiger partial charge on any atom is 0.323 e. The summed E-state index contributed by atoms with van der Waals surface area (Å²) >= 11 is 0. The monoisotopic (exact) mass is 357 g/mol. The third kappa shape index (κ3) is 3.79. The van der Waals surface area contributed by atoms with Crippen molar-refractivity contribution in [2.24, 2.45) is 0 Å². The van der Waals surface area contributed by atoms with E-state index in [1.165, 1.54) is 0 Å². The number of amides is 2. The van der Waals surface area contributed by atoms with Crippen LogP contribution in [0.1, 0.15) is 11.3 Å². The first-order valence-corrected chi connectivity index (χ1v) is 8.64. The second-order valence-electron chi connectivity index (χ2n) is 6.43. The number of nitrogens with one attached hydrogen (secondary N) is 2. The molecule has 2 amide bonds. The van der Waals surface area contributed by atoms with E-state index >= 15 is 0 Å². The molecule has 0 atom stereocenters. The van der Waals surface area contributed by atoms with Gasteiger partial charge in [0.15, 0.2) is 0 Å². The maximum atomic E-state index is 12.2. The number of rotatable bonds is 3. The number of fused-ring (bicyclic) bond motifs is 1. The minimum Gasteiger partial charge on any atom is -0.308 e. The van der Waals surface area contributed by atoms with Gasteiger partial charge in [-0.3, -0.25) is 4.40 Å². The molecule has 0 aliphatic heterocycles. The highest BCUT2D eigenvalue weighted by molar-refractivity contribution is 5.99. The van der Waals surface area contributed by atoms with Gasteiger partial charge in [0, 0.05) is 35.0 Å². The molecule has 0 spiro atoms. The van der Waals surface area contributed by atoms with E-state index in [9.17, 15) is 4.79 Å². The summed E-state index contributed by atoms with van der Waals surface area (Å²) in [6.45, 7) is 3.93. The van der Waals surface area contributed by atoms with Gasteiger partial charge in [0.25, 0.3) is 0 Å². The maximum absolute atomic E-state index is 12.2. The van der Waals surface area contributed by atoms with Crippen molar-refractivity contribution < 1.29 is 4.79 Å². The fourth-order valence-electron chi connectivity index (χ4n) is 2.84. The summed E-state index contributed by atoms with van der Waals surface area (Å²) in [5.74, 6) is 0.671. The zero-order valence-electron chi connectivity index (χ0n) is 15.1. The van der Waals surface area contributed by atoms with Gasteiger partial charge in [-0.1, -0.05) is 24.3 Å². The molecule has 0 aliphatic carbocycles. The number of benzene rings is 2. The molecule has 2 aromatic carbocycles. The Bertz CT molecular complexity index is 1120. The predicted octanol–water partition coefficient (Wildman–Crippen LogP) is 4.66. The van der Waals surface area contributed by atoms with Crippen LogP contribution in [-0.4, -0.2) is 20.4 Å². The average Bonchev–Trinajstić information content (AvgIpc) is 3.05. The Kier molecular flexibility index (Phi) is 4.30. The molecule has 0 radical (unpaired) electrons. The van der Waals surface area contributed by atoms with Crippen molar-refractivity contribution in [3.05, 3.63) is 78.2 Å². The van der Waals surface area contributed by atoms with Gasteiger partial charge in [0.05, 0.1) is 5.69 Å². The average molecular weight is 357 g/mol. The molecular formula is C21H19N5O. The summed E-state index contributed by atoms with van der Waals surface area (Å²) in [5.41, 5.74) is 5.29. The summed E-state index contributed by atoms with van der Waals surface area (Å²) in [7, 11) is 0. The number of urea groups is 1. The third-order valence-electron chi connectivity index (χ3n) is 4.18. The summed E-state index contributed by atoms with van der Waals surface area (Å²) in [6, 6.07) is 16.9. The highest BCUT2D eigenvalue weighted by Crippen LogP contribution is 2.21. The Hall–Kier alpha value is -3.67. The minimum atomic E-state index is -0.277. The Morgan fingerprint density at radius 2 is 1.70 bits per heavy atom. The molecule has 0 fully saturated rings. The molecule has 0 aliphatic rings. The second kappa shape index (κ2) is 6.92. The van der Waals surface area contributed by atoms with Crippen LogP contribution in [-0.2, 0) is 0 Å². The fourth-order valence-corrected chi connectivity index (χ4v) is 2.84. The first kappa shape index (κ1) is 16.8. The molecule has 6 heteroatoms. The quantitative estimate of drug-likeness (QED) is 0.560. The van der Waals surface area contributed by atoms with Crippen molar-refractivity contribution in [1.82, 2.24) is 14.4 Å². The van der Waals surface area contributed by atoms with E-state index in [0.29, 0.717) is 11.5 Å². The van der Waals surface area contributed by atoms with Crippen LogP contribution in [0.15, 0.2) is 67.0 Å². The molecule has 27 heavy (non-hydrogen) atoms. The molecule has 4 rings (SSSR count). The predicted molar refractivity (Wildman–Crippen MR) is 107 cm³/mol. The highest BCUT2D eigenvalue weighted by Gasteiger charge is 2.07. The molecule has 6 nitrogen and oxygen atoms in total. The number of aromatic nitrogens is 3. The first-order valence-electron chi connectivity index (χ1n) is 8.64. The van der Waals surface area contributed by atoms with Gasteiger partial charge in [-0.15, -0.1) is 0 Å². The summed E-state index contributed by atoms with van der Waals surface area (Å²) < 4.78 is 1.89. The van der Waals surface area contributed by atoms with Crippen molar-refractivity contribution in [2.45, 2.75) is 13.8 Å². The molecule has 2 N–H and O–H groups in total. The first-order chi connectivity index (χ1) is 13.1. The van der Waals surface area contributed by atoms with Gasteiger partial charge in [-0.05, 0) is 49.7 Å². The van der Waals surface area contributed by atoms with Gasteiger partial charge < -0.3 is 10.6 Å². The lowest BCUT2D eigenvalue weighted by molar-refractivity contribution is 0.262. The van der Waals surface area contributed by atoms with Gasteiger partial charge in [-0.25, -0.2) is 14.8 Å². The Morgan fingerprint density at radius 1 is 0.926 bits per heavy atom. The zero-order valence-corrected chi connectivity index (χ0v) is 15.1. The number of carbonyl (C=O) groups excluding carboxylic acids is 1. The van der Waals surface area contributed by atoms with Gasteiger partial charge >= 0.3 is 6.03 Å². The normalized spacial score (nSPS) is 10.7. The number of hydrogen-bond donors (Lipinski definition) is 2. The van der Waals surface area contributed by atoms with Crippen molar-refractivity contribution >= 4 is 23.2 Å². The van der Waals surface area contributed by atoms with Gasteiger partial charge in [0.2, 0.25) is 5.78 Å². The summed E-state index contributed by atoms with van der Waals surface area (Å²) in [6.07, 6.45) is 3.88. The summed E-state index contributed by atoms with van der Waals surface area (Å²) in [4.78, 5) is 21.1. The molecule has 0 bridgehead atoms. The van der Waals surface area contributed by atoms with Gasteiger partial charge in [-0.2, -0.15) is 0 Å². The topological polar surface area (TPSA) is 71.3 Å². The van der Waals surface area contributed by atoms with Crippen molar-refractivity contribution in [3.63, 3.8) is 0 Å². The van der Waals surface area contributed by atoms with Crippen LogP contribution >= 0.6 is 0 Å². The Balaban J connectivity index is 1.47. The molecule has 4 aromatic rings. The zero-order chi connectivity index (χ0) is 18.8. The van der Waals surface area contributed by atoms with Crippen LogP contribution < -0.4 is 10.6 Å². The third-order valence-corrected chi connectivity index (χ3v) is 4.18. The fraction of sp³-hybridized carbons (Fsp3) is 0.0952. The smallest absolute Gasteiger partial charge is 0.308 e. The van der Waals surface area contributed by atoms with Crippen LogP contribution in [0.4, 0.5) is 16.2 Å². The second-order valence-corrected chi connectivity index (χ2v) is 6.43. The Morgan fingerprint density at radius 3 is 2.48 bits per heavy atom. The van der Waals surface area contributed by atoms with E-state index in [4.69, 9.17) is 0 Å². The van der Waals surface area contributed by atoms with Crippen LogP contribution in [0.25, 0.3) is 17.0 Å². The standard InChI is InChI=1S/C21H19N5O/c1-14-4-3-5-18(12-14)24-21(27)23-17-8-6-16(7-9-17)19-13-26-11-10-15(2)22-20(26)25-19/h3-13H,1-2H3,(H2,23,24,27). The van der Waals surface area contributed by atoms with E-state index in [0.717, 1.165) is 28.2 Å². The van der Waals surface area contributed by atoms with Crippen LogP contribution in [0, 0.1) is 13.8 Å². The summed E-state index contributed by atoms with van der Waals surface area (Å²) in [5, 5.41) is 5.66. The minimum absolute atomic E-state index is 0.277. The van der Waals surface area contributed by atoms with E-state index in [1.807, 2.05) is 85.2 Å². The molecule has 134 valence electrons. The lowest BCUT2D eigenvalue weighted by Gasteiger charge is -2.08. The van der Waals surface area contributed by atoms with Crippen molar-refractivity contribution in [2.75, 3.05) is 10.6 Å². The molecule has 0 saturated heterocycles. The molecule has 2 aromatic heterocycles. The number of hydrogen-bond acceptors (Lipinski definition) is 3. The number of anilines is 2. The van der Waals surface area contributed by atoms with Gasteiger partial charge in [0.1, 0.15) is 0 Å². The van der Waals surface area contributed by atoms with Crippen molar-refractivity contribution in [3.8, 4) is 11.3 Å². The van der Waals surface area contributed by atoms with E-state index in [-0.39, 0.29) is 6.03 Å². The van der Waals surface area contributed by atoms with Crippen LogP contribution in [0.2, 0.25) is 0 Å². The number of imidazole rings is 1. The van der Waals surface area contributed by atoms with E-state index < -0.39 is 0 Å².